The minimum absolute atomic E-state index is 0. The van der Waals surface area contributed by atoms with Gasteiger partial charge >= 0.3 is 88.7 Å². The molecule has 0 fully saturated rings. The van der Waals surface area contributed by atoms with E-state index >= 15 is 0 Å². The molecule has 0 bridgehead atoms. The third-order valence-electron chi connectivity index (χ3n) is 2.25. The summed E-state index contributed by atoms with van der Waals surface area (Å²) < 4.78 is 13.8. The van der Waals surface area contributed by atoms with Crippen molar-refractivity contribution in [1.82, 2.24) is 5.32 Å². The van der Waals surface area contributed by atoms with Gasteiger partial charge < -0.3 is 49.4 Å². The molecule has 0 spiro atoms. The number of amides is 1. The average Bonchev–Trinajstić information content (AvgIpc) is 2.37. The van der Waals surface area contributed by atoms with E-state index in [1.165, 1.54) is 0 Å². The standard InChI is InChI=1S/C9H18NO10P.3Na/c11-5(4-20-21(17,18)19)7(14)8(15)9(16)10-3-1-2-6(12)13;;;/h5,7-8,11,14-15H,1-4H2,(H,10,16)(H,12,13)(H2,17,18,19);;;/q;3*+1/p-3/t5-,7-,8-;;;/m1.../s1. The number of hydrogen-bond donors (Lipinski definition) is 4. The van der Waals surface area contributed by atoms with Gasteiger partial charge in [-0.15, -0.1) is 0 Å². The van der Waals surface area contributed by atoms with Gasteiger partial charge in [-0.1, -0.05) is 0 Å². The van der Waals surface area contributed by atoms with Gasteiger partial charge in [-0.2, -0.15) is 0 Å². The normalized spacial score (nSPS) is 14.0. The number of aliphatic carboxylic acids is 1. The summed E-state index contributed by atoms with van der Waals surface area (Å²) in [6.45, 7) is -1.25. The molecule has 0 heterocycles. The zero-order chi connectivity index (χ0) is 16.6. The van der Waals surface area contributed by atoms with Gasteiger partial charge in [0.25, 0.3) is 5.91 Å². The van der Waals surface area contributed by atoms with E-state index in [4.69, 9.17) is 0 Å². The van der Waals surface area contributed by atoms with Crippen LogP contribution in [0.15, 0.2) is 0 Å². The van der Waals surface area contributed by atoms with Crippen LogP contribution in [0, 0.1) is 0 Å². The van der Waals surface area contributed by atoms with Gasteiger partial charge in [0.2, 0.25) is 0 Å². The summed E-state index contributed by atoms with van der Waals surface area (Å²) in [6.07, 6.45) is -6.51. The van der Waals surface area contributed by atoms with E-state index in [2.05, 4.69) is 9.84 Å². The van der Waals surface area contributed by atoms with Crippen molar-refractivity contribution in [2.45, 2.75) is 31.2 Å². The van der Waals surface area contributed by atoms with E-state index in [-0.39, 0.29) is 108 Å². The molecule has 1 amide bonds. The van der Waals surface area contributed by atoms with E-state index in [1.807, 2.05) is 0 Å². The van der Waals surface area contributed by atoms with E-state index in [9.17, 15) is 44.4 Å². The second kappa shape index (κ2) is 17.1. The van der Waals surface area contributed by atoms with Crippen LogP contribution >= 0.6 is 7.82 Å². The summed E-state index contributed by atoms with van der Waals surface area (Å²) in [5.41, 5.74) is 0. The van der Waals surface area contributed by atoms with E-state index in [0.717, 1.165) is 0 Å². The van der Waals surface area contributed by atoms with E-state index in [1.54, 1.807) is 0 Å². The van der Waals surface area contributed by atoms with Crippen LogP contribution in [0.1, 0.15) is 12.8 Å². The van der Waals surface area contributed by atoms with Crippen molar-refractivity contribution in [3.8, 4) is 0 Å². The molecule has 0 saturated heterocycles. The van der Waals surface area contributed by atoms with Crippen molar-refractivity contribution in [3.63, 3.8) is 0 Å². The third kappa shape index (κ3) is 17.3. The van der Waals surface area contributed by atoms with Crippen LogP contribution in [0.25, 0.3) is 0 Å². The first-order valence-electron chi connectivity index (χ1n) is 5.73. The number of nitrogens with one attached hydrogen (secondary N) is 1. The Kier molecular flexibility index (Phi) is 23.8. The number of aliphatic hydroxyl groups excluding tert-OH is 3. The molecule has 0 aliphatic heterocycles. The molecule has 15 heteroatoms. The number of carbonyl (C=O) groups excluding carboxylic acids is 2. The number of hydrogen-bond acceptors (Lipinski definition) is 10. The minimum atomic E-state index is -5.36. The molecular formula is C9H15NNa3O10P. The molecule has 11 nitrogen and oxygen atoms in total. The van der Waals surface area contributed by atoms with E-state index < -0.39 is 44.6 Å². The van der Waals surface area contributed by atoms with Gasteiger partial charge in [-0.3, -0.25) is 4.79 Å². The van der Waals surface area contributed by atoms with Crippen LogP contribution in [-0.4, -0.2) is 58.7 Å². The fourth-order valence-electron chi connectivity index (χ4n) is 1.18. The van der Waals surface area contributed by atoms with Crippen molar-refractivity contribution in [3.05, 3.63) is 0 Å². The van der Waals surface area contributed by atoms with Crippen LogP contribution < -0.4 is 109 Å². The number of carbonyl (C=O) groups is 2. The second-order valence-electron chi connectivity index (χ2n) is 4.01. The summed E-state index contributed by atoms with van der Waals surface area (Å²) in [5.74, 6) is -2.44. The predicted octanol–water partition coefficient (Wildman–Crippen LogP) is -14.4. The van der Waals surface area contributed by atoms with Crippen molar-refractivity contribution < 1.29 is 138 Å². The largest absolute Gasteiger partial charge is 1.00 e. The molecule has 0 aliphatic carbocycles. The Bertz CT molecular complexity index is 409. The topological polar surface area (TPSA) is 202 Å². The molecule has 124 valence electrons. The summed E-state index contributed by atoms with van der Waals surface area (Å²) in [4.78, 5) is 41.7. The fraction of sp³-hybridized carbons (Fsp3) is 0.778. The van der Waals surface area contributed by atoms with Gasteiger partial charge in [-0.25, -0.2) is 0 Å². The third-order valence-corrected chi connectivity index (χ3v) is 2.71. The van der Waals surface area contributed by atoms with Gasteiger partial charge in [0.05, 0.1) is 14.4 Å². The number of phosphoric ester groups is 1. The predicted molar refractivity (Wildman–Crippen MR) is 58.8 cm³/mol. The van der Waals surface area contributed by atoms with Crippen molar-refractivity contribution in [2.24, 2.45) is 0 Å². The molecule has 0 aromatic rings. The Morgan fingerprint density at radius 1 is 1.12 bits per heavy atom. The summed E-state index contributed by atoms with van der Waals surface area (Å²) in [7, 11) is -5.36. The monoisotopic (exact) mass is 397 g/mol. The molecule has 0 rings (SSSR count). The number of phosphoric acid groups is 1. The van der Waals surface area contributed by atoms with E-state index in [0.29, 0.717) is 0 Å². The van der Waals surface area contributed by atoms with Crippen molar-refractivity contribution in [2.75, 3.05) is 13.2 Å². The Labute approximate surface area is 204 Å². The smallest absolute Gasteiger partial charge is 0.790 e. The van der Waals surface area contributed by atoms with Gasteiger partial charge in [0, 0.05) is 12.5 Å². The number of carboxylic acids is 1. The number of rotatable bonds is 10. The zero-order valence-corrected chi connectivity index (χ0v) is 20.6. The summed E-state index contributed by atoms with van der Waals surface area (Å²) in [6, 6.07) is 0. The summed E-state index contributed by atoms with van der Waals surface area (Å²) in [5, 5.41) is 40.1. The van der Waals surface area contributed by atoms with Crippen LogP contribution in [0.3, 0.4) is 0 Å². The molecule has 0 aromatic heterocycles. The molecule has 4 N–H and O–H groups in total. The van der Waals surface area contributed by atoms with Gasteiger partial charge in [0.15, 0.2) is 6.10 Å². The number of aliphatic hydroxyl groups is 3. The van der Waals surface area contributed by atoms with Crippen molar-refractivity contribution in [1.29, 1.82) is 0 Å². The Morgan fingerprint density at radius 2 is 1.62 bits per heavy atom. The molecule has 0 saturated carbocycles. The average molecular weight is 397 g/mol. The quantitative estimate of drug-likeness (QED) is 0.156. The van der Waals surface area contributed by atoms with Gasteiger partial charge in [0.1, 0.15) is 12.2 Å². The maximum Gasteiger partial charge on any atom is 1.00 e. The molecular weight excluding hydrogens is 382 g/mol. The van der Waals surface area contributed by atoms with Crippen LogP contribution in [-0.2, 0) is 18.7 Å². The Balaban J connectivity index is -0.000000667. The molecule has 0 radical (unpaired) electrons. The molecule has 0 unspecified atom stereocenters. The number of carboxylic acid groups (broad SMARTS) is 1. The minimum Gasteiger partial charge on any atom is -0.790 e. The maximum absolute atomic E-state index is 11.3. The Hall–Kier alpha value is 1.93. The molecule has 0 aromatic carbocycles. The fourth-order valence-corrected chi connectivity index (χ4v) is 1.52. The van der Waals surface area contributed by atoms with Gasteiger partial charge in [-0.05, 0) is 12.8 Å². The first-order chi connectivity index (χ1) is 9.54. The van der Waals surface area contributed by atoms with Crippen LogP contribution in [0.2, 0.25) is 0 Å². The molecule has 24 heavy (non-hydrogen) atoms. The second-order valence-corrected chi connectivity index (χ2v) is 5.16. The SMILES string of the molecule is O=C([O-])CCCNC(=O)[C@H](O)[C@H](O)[C@H](O)COP(=O)([O-])[O-].[Na+].[Na+].[Na+]. The summed E-state index contributed by atoms with van der Waals surface area (Å²) >= 11 is 0. The first-order valence-corrected chi connectivity index (χ1v) is 7.19. The maximum atomic E-state index is 11.3. The molecule has 0 aliphatic rings. The van der Waals surface area contributed by atoms with Crippen LogP contribution in [0.5, 0.6) is 0 Å². The van der Waals surface area contributed by atoms with Crippen molar-refractivity contribution >= 4 is 19.7 Å². The first kappa shape index (κ1) is 33.5. The van der Waals surface area contributed by atoms with Crippen LogP contribution in [0.4, 0.5) is 0 Å². The zero-order valence-electron chi connectivity index (χ0n) is 13.7. The molecule has 3 atom stereocenters. The Morgan fingerprint density at radius 3 is 2.04 bits per heavy atom.